The molecule has 0 unspecified atom stereocenters. The highest BCUT2D eigenvalue weighted by molar-refractivity contribution is 6.31. The van der Waals surface area contributed by atoms with E-state index in [-0.39, 0.29) is 17.8 Å². The predicted octanol–water partition coefficient (Wildman–Crippen LogP) is 7.17. The topological polar surface area (TPSA) is 126 Å². The summed E-state index contributed by atoms with van der Waals surface area (Å²) in [5.74, 6) is 0.463. The highest BCUT2D eigenvalue weighted by atomic mass is 35.5. The van der Waals surface area contributed by atoms with E-state index in [1.807, 2.05) is 66.7 Å². The summed E-state index contributed by atoms with van der Waals surface area (Å²) < 4.78 is 10.3. The number of nitrogens with one attached hydrogen (secondary N) is 3. The Balaban J connectivity index is 1.45. The molecule has 2 heterocycles. The lowest BCUT2D eigenvalue weighted by atomic mass is 9.92. The molecule has 0 aliphatic carbocycles. The number of carbonyl (C=O) groups excluding carboxylic acids is 1. The summed E-state index contributed by atoms with van der Waals surface area (Å²) >= 11 is 6.50. The summed E-state index contributed by atoms with van der Waals surface area (Å²) in [6.07, 6.45) is 1.68. The van der Waals surface area contributed by atoms with Crippen LogP contribution in [0.5, 0.6) is 5.75 Å². The van der Waals surface area contributed by atoms with Crippen molar-refractivity contribution >= 4 is 28.5 Å². The summed E-state index contributed by atoms with van der Waals surface area (Å²) in [5, 5.41) is 6.26. The zero-order chi connectivity index (χ0) is 29.9. The Labute approximate surface area is 251 Å². The SMILES string of the molecule is CCC[C@@H](NC(=O)c1ccc(-c2cc(Cl)ccc2-c2nc3cc(OC)ccc3[nH]2)c(-c2nc(=O)o[nH]2)c1)c1ccccc1. The normalized spacial score (nSPS) is 11.9. The van der Waals surface area contributed by atoms with Crippen molar-refractivity contribution in [1.82, 2.24) is 25.4 Å². The van der Waals surface area contributed by atoms with Gasteiger partial charge in [0.1, 0.15) is 11.6 Å². The molecule has 0 bridgehead atoms. The third-order valence-corrected chi connectivity index (χ3v) is 7.51. The highest BCUT2D eigenvalue weighted by Crippen LogP contribution is 2.39. The van der Waals surface area contributed by atoms with Gasteiger partial charge in [-0.2, -0.15) is 10.1 Å². The van der Waals surface area contributed by atoms with Gasteiger partial charge < -0.3 is 19.6 Å². The number of aromatic amines is 2. The molecule has 0 fully saturated rings. The Bertz CT molecular complexity index is 1980. The predicted molar refractivity (Wildman–Crippen MR) is 166 cm³/mol. The van der Waals surface area contributed by atoms with Gasteiger partial charge in [0, 0.05) is 27.8 Å². The molecule has 4 aromatic carbocycles. The van der Waals surface area contributed by atoms with Crippen LogP contribution in [0.2, 0.25) is 5.02 Å². The Kier molecular flexibility index (Phi) is 7.81. The lowest BCUT2D eigenvalue weighted by Gasteiger charge is -2.19. The van der Waals surface area contributed by atoms with Gasteiger partial charge in [0.25, 0.3) is 5.91 Å². The molecule has 3 N–H and O–H groups in total. The van der Waals surface area contributed by atoms with E-state index in [1.54, 1.807) is 25.3 Å². The Hall–Kier alpha value is -5.15. The summed E-state index contributed by atoms with van der Waals surface area (Å²) in [4.78, 5) is 37.7. The third-order valence-electron chi connectivity index (χ3n) is 7.28. The number of amides is 1. The van der Waals surface area contributed by atoms with E-state index < -0.39 is 5.76 Å². The number of rotatable bonds is 9. The van der Waals surface area contributed by atoms with Crippen molar-refractivity contribution < 1.29 is 14.1 Å². The van der Waals surface area contributed by atoms with Gasteiger partial charge in [-0.25, -0.2) is 9.78 Å². The quantitative estimate of drug-likeness (QED) is 0.163. The van der Waals surface area contributed by atoms with E-state index in [9.17, 15) is 9.59 Å². The second-order valence-electron chi connectivity index (χ2n) is 10.1. The maximum atomic E-state index is 13.6. The molecule has 0 saturated heterocycles. The molecule has 2 aromatic heterocycles. The average molecular weight is 594 g/mol. The minimum absolute atomic E-state index is 0.153. The van der Waals surface area contributed by atoms with Crippen molar-refractivity contribution in [3.63, 3.8) is 0 Å². The van der Waals surface area contributed by atoms with Gasteiger partial charge in [-0.05, 0) is 65.6 Å². The molecule has 0 saturated carbocycles. The van der Waals surface area contributed by atoms with E-state index in [0.29, 0.717) is 33.3 Å². The van der Waals surface area contributed by atoms with Crippen LogP contribution < -0.4 is 15.8 Å². The molecule has 216 valence electrons. The first-order valence-electron chi connectivity index (χ1n) is 13.8. The maximum Gasteiger partial charge on any atom is 0.460 e. The Morgan fingerprint density at radius 3 is 2.49 bits per heavy atom. The third kappa shape index (κ3) is 5.80. The minimum Gasteiger partial charge on any atom is -0.497 e. The zero-order valence-electron chi connectivity index (χ0n) is 23.5. The number of hydrogen-bond acceptors (Lipinski definition) is 6. The molecule has 43 heavy (non-hydrogen) atoms. The summed E-state index contributed by atoms with van der Waals surface area (Å²) in [6, 6.07) is 26.1. The van der Waals surface area contributed by atoms with Crippen molar-refractivity contribution in [2.45, 2.75) is 25.8 Å². The second-order valence-corrected chi connectivity index (χ2v) is 10.5. The fraction of sp³-hybridized carbons (Fsp3) is 0.152. The van der Waals surface area contributed by atoms with Gasteiger partial charge in [-0.3, -0.25) is 4.79 Å². The van der Waals surface area contributed by atoms with E-state index in [2.05, 4.69) is 27.4 Å². The molecule has 6 aromatic rings. The molecular weight excluding hydrogens is 566 g/mol. The van der Waals surface area contributed by atoms with Crippen LogP contribution in [-0.4, -0.2) is 33.1 Å². The van der Waals surface area contributed by atoms with Crippen molar-refractivity contribution in [3.8, 4) is 39.7 Å². The van der Waals surface area contributed by atoms with E-state index >= 15 is 0 Å². The van der Waals surface area contributed by atoms with E-state index in [4.69, 9.17) is 25.8 Å². The van der Waals surface area contributed by atoms with Gasteiger partial charge >= 0.3 is 5.76 Å². The summed E-state index contributed by atoms with van der Waals surface area (Å²) in [5.41, 5.74) is 5.65. The van der Waals surface area contributed by atoms with Gasteiger partial charge in [0.05, 0.1) is 24.2 Å². The highest BCUT2D eigenvalue weighted by Gasteiger charge is 2.21. The number of nitrogens with zero attached hydrogens (tertiary/aromatic N) is 2. The van der Waals surface area contributed by atoms with Crippen molar-refractivity contribution in [3.05, 3.63) is 112 Å². The molecule has 1 atom stereocenters. The second kappa shape index (κ2) is 12.0. The molecule has 0 aliphatic heterocycles. The van der Waals surface area contributed by atoms with Crippen LogP contribution in [0.25, 0.3) is 44.9 Å². The number of H-pyrrole nitrogens is 2. The van der Waals surface area contributed by atoms with Gasteiger partial charge in [-0.1, -0.05) is 61.3 Å². The van der Waals surface area contributed by atoms with Crippen LogP contribution in [0.3, 0.4) is 0 Å². The molecule has 6 rings (SSSR count). The number of carbonyl (C=O) groups is 1. The molecule has 0 spiro atoms. The molecule has 9 nitrogen and oxygen atoms in total. The number of methoxy groups -OCH3 is 1. The lowest BCUT2D eigenvalue weighted by Crippen LogP contribution is -2.28. The largest absolute Gasteiger partial charge is 0.497 e. The molecule has 10 heteroatoms. The monoisotopic (exact) mass is 593 g/mol. The Morgan fingerprint density at radius 1 is 0.930 bits per heavy atom. The Morgan fingerprint density at radius 2 is 1.74 bits per heavy atom. The van der Waals surface area contributed by atoms with Crippen LogP contribution in [0.4, 0.5) is 0 Å². The smallest absolute Gasteiger partial charge is 0.460 e. The number of benzene rings is 4. The van der Waals surface area contributed by atoms with Crippen molar-refractivity contribution in [2.75, 3.05) is 7.11 Å². The van der Waals surface area contributed by atoms with Crippen molar-refractivity contribution in [1.29, 1.82) is 0 Å². The summed E-state index contributed by atoms with van der Waals surface area (Å²) in [7, 11) is 1.61. The number of aromatic nitrogens is 4. The van der Waals surface area contributed by atoms with Crippen LogP contribution in [0.1, 0.15) is 41.7 Å². The van der Waals surface area contributed by atoms with E-state index in [1.165, 1.54) is 0 Å². The number of hydrogen-bond donors (Lipinski definition) is 3. The molecule has 0 radical (unpaired) electrons. The fourth-order valence-electron chi connectivity index (χ4n) is 5.18. The number of fused-ring (bicyclic) bond motifs is 1. The molecular formula is C33H28ClN5O4. The standard InChI is InChI=1S/C33H28ClN5O4/c1-3-7-27(19-8-5-4-6-9-19)37-32(40)20-10-13-23(26(16-20)31-38-33(41)43-39-31)25-17-21(34)11-14-24(25)30-35-28-15-12-22(42-2)18-29(28)36-30/h4-6,8-18,27H,3,7H2,1-2H3,(H,35,36)(H,37,40)(H,38,39,41)/t27-/m1/s1. The summed E-state index contributed by atoms with van der Waals surface area (Å²) in [6.45, 7) is 2.08. The first-order valence-corrected chi connectivity index (χ1v) is 14.2. The fourth-order valence-corrected chi connectivity index (χ4v) is 5.36. The van der Waals surface area contributed by atoms with Gasteiger partial charge in [-0.15, -0.1) is 0 Å². The first-order chi connectivity index (χ1) is 20.9. The van der Waals surface area contributed by atoms with Crippen LogP contribution in [-0.2, 0) is 0 Å². The van der Waals surface area contributed by atoms with Gasteiger partial charge in [0.15, 0.2) is 5.82 Å². The molecule has 1 amide bonds. The average Bonchev–Trinajstić information content (AvgIpc) is 3.66. The van der Waals surface area contributed by atoms with Crippen LogP contribution in [0, 0.1) is 0 Å². The van der Waals surface area contributed by atoms with Crippen LogP contribution in [0.15, 0.2) is 94.2 Å². The van der Waals surface area contributed by atoms with Gasteiger partial charge in [0.2, 0.25) is 0 Å². The van der Waals surface area contributed by atoms with E-state index in [0.717, 1.165) is 40.6 Å². The minimum atomic E-state index is -0.777. The lowest BCUT2D eigenvalue weighted by molar-refractivity contribution is 0.0934. The molecule has 0 aliphatic rings. The number of imidazole rings is 1. The number of ether oxygens (including phenoxy) is 1. The zero-order valence-corrected chi connectivity index (χ0v) is 24.2. The first kappa shape index (κ1) is 28.0. The van der Waals surface area contributed by atoms with Crippen molar-refractivity contribution in [2.24, 2.45) is 0 Å². The maximum absolute atomic E-state index is 13.6. The number of halogens is 1. The van der Waals surface area contributed by atoms with Crippen LogP contribution >= 0.6 is 11.6 Å².